The predicted octanol–water partition coefficient (Wildman–Crippen LogP) is 4.08. The molecule has 2 aromatic rings. The van der Waals surface area contributed by atoms with E-state index in [-0.39, 0.29) is 0 Å². The highest BCUT2D eigenvalue weighted by molar-refractivity contribution is 7.17. The van der Waals surface area contributed by atoms with Gasteiger partial charge in [-0.3, -0.25) is 0 Å². The topological polar surface area (TPSA) is 0 Å². The number of thiophene rings is 1. The highest BCUT2D eigenvalue weighted by atomic mass is 32.1. The van der Waals surface area contributed by atoms with Gasteiger partial charge in [-0.15, -0.1) is 11.3 Å². The van der Waals surface area contributed by atoms with E-state index in [1.165, 1.54) is 26.8 Å². The third-order valence-corrected chi connectivity index (χ3v) is 3.64. The molecule has 1 heterocycles. The Labute approximate surface area is 83.2 Å². The zero-order valence-electron chi connectivity index (χ0n) is 8.35. The second kappa shape index (κ2) is 3.15. The summed E-state index contributed by atoms with van der Waals surface area (Å²) in [5.41, 5.74) is 4.29. The van der Waals surface area contributed by atoms with Crippen molar-refractivity contribution in [2.75, 3.05) is 0 Å². The van der Waals surface area contributed by atoms with Crippen molar-refractivity contribution >= 4 is 21.4 Å². The first-order valence-corrected chi connectivity index (χ1v) is 5.57. The fraction of sp³-hybridized carbons (Fsp3) is 0.333. The lowest BCUT2D eigenvalue weighted by molar-refractivity contribution is 1.17. The number of rotatable bonds is 1. The van der Waals surface area contributed by atoms with Gasteiger partial charge >= 0.3 is 0 Å². The Bertz CT molecular complexity index is 438. The van der Waals surface area contributed by atoms with E-state index in [0.717, 1.165) is 6.42 Å². The molecule has 1 aromatic heterocycles. The number of benzene rings is 1. The largest absolute Gasteiger partial charge is 0.144 e. The van der Waals surface area contributed by atoms with Gasteiger partial charge in [0.2, 0.25) is 0 Å². The molecule has 1 heteroatoms. The Morgan fingerprint density at radius 2 is 1.85 bits per heavy atom. The van der Waals surface area contributed by atoms with Crippen LogP contribution >= 0.6 is 11.3 Å². The van der Waals surface area contributed by atoms with Crippen LogP contribution in [0.4, 0.5) is 0 Å². The molecule has 0 aliphatic carbocycles. The standard InChI is InChI=1S/C12H14S/c1-4-10-7-13-12-6-9(3)8(2)5-11(10)12/h5-7H,4H2,1-3H3. The summed E-state index contributed by atoms with van der Waals surface area (Å²) >= 11 is 1.86. The van der Waals surface area contributed by atoms with Gasteiger partial charge in [-0.05, 0) is 53.8 Å². The number of hydrogen-bond acceptors (Lipinski definition) is 1. The lowest BCUT2D eigenvalue weighted by Crippen LogP contribution is -1.81. The molecule has 13 heavy (non-hydrogen) atoms. The van der Waals surface area contributed by atoms with Gasteiger partial charge in [-0.25, -0.2) is 0 Å². The third kappa shape index (κ3) is 1.37. The van der Waals surface area contributed by atoms with Gasteiger partial charge in [0.25, 0.3) is 0 Å². The average Bonchev–Trinajstić information content (AvgIpc) is 2.48. The second-order valence-electron chi connectivity index (χ2n) is 3.55. The van der Waals surface area contributed by atoms with Crippen molar-refractivity contribution in [3.63, 3.8) is 0 Å². The first-order valence-electron chi connectivity index (χ1n) is 4.69. The van der Waals surface area contributed by atoms with Crippen LogP contribution in [0.1, 0.15) is 23.6 Å². The molecule has 2 rings (SSSR count). The maximum Gasteiger partial charge on any atom is 0.0348 e. The lowest BCUT2D eigenvalue weighted by atomic mass is 10.0. The van der Waals surface area contributed by atoms with Crippen LogP contribution in [0, 0.1) is 13.8 Å². The van der Waals surface area contributed by atoms with Crippen LogP contribution in [0.3, 0.4) is 0 Å². The minimum atomic E-state index is 1.14. The summed E-state index contributed by atoms with van der Waals surface area (Å²) in [5.74, 6) is 0. The van der Waals surface area contributed by atoms with Gasteiger partial charge in [-0.1, -0.05) is 13.0 Å². The summed E-state index contributed by atoms with van der Waals surface area (Å²) in [7, 11) is 0. The first-order chi connectivity index (χ1) is 6.22. The SMILES string of the molecule is CCc1csc2cc(C)c(C)cc12. The van der Waals surface area contributed by atoms with Crippen LogP contribution in [-0.2, 0) is 6.42 Å². The van der Waals surface area contributed by atoms with Crippen molar-refractivity contribution in [1.82, 2.24) is 0 Å². The lowest BCUT2D eigenvalue weighted by Gasteiger charge is -2.00. The summed E-state index contributed by atoms with van der Waals surface area (Å²) in [4.78, 5) is 0. The van der Waals surface area contributed by atoms with Crippen LogP contribution in [0.15, 0.2) is 17.5 Å². The fourth-order valence-electron chi connectivity index (χ4n) is 1.61. The molecule has 0 spiro atoms. The van der Waals surface area contributed by atoms with Crippen molar-refractivity contribution in [3.05, 3.63) is 34.2 Å². The zero-order chi connectivity index (χ0) is 9.42. The molecule has 0 aliphatic heterocycles. The minimum Gasteiger partial charge on any atom is -0.144 e. The molecule has 0 bridgehead atoms. The van der Waals surface area contributed by atoms with Crippen LogP contribution in [0.25, 0.3) is 10.1 Å². The Kier molecular flexibility index (Phi) is 2.12. The zero-order valence-corrected chi connectivity index (χ0v) is 9.16. The highest BCUT2D eigenvalue weighted by Crippen LogP contribution is 2.28. The van der Waals surface area contributed by atoms with Gasteiger partial charge in [0.1, 0.15) is 0 Å². The van der Waals surface area contributed by atoms with Gasteiger partial charge in [-0.2, -0.15) is 0 Å². The second-order valence-corrected chi connectivity index (χ2v) is 4.46. The van der Waals surface area contributed by atoms with Crippen molar-refractivity contribution in [2.45, 2.75) is 27.2 Å². The Morgan fingerprint density at radius 3 is 2.54 bits per heavy atom. The van der Waals surface area contributed by atoms with E-state index in [1.807, 2.05) is 11.3 Å². The molecule has 0 N–H and O–H groups in total. The maximum atomic E-state index is 2.32. The number of hydrogen-bond donors (Lipinski definition) is 0. The van der Waals surface area contributed by atoms with E-state index in [0.29, 0.717) is 0 Å². The smallest absolute Gasteiger partial charge is 0.0348 e. The van der Waals surface area contributed by atoms with Gasteiger partial charge in [0.05, 0.1) is 0 Å². The Balaban J connectivity index is 2.77. The van der Waals surface area contributed by atoms with Gasteiger partial charge in [0.15, 0.2) is 0 Å². The summed E-state index contributed by atoms with van der Waals surface area (Å²) in [6, 6.07) is 4.62. The van der Waals surface area contributed by atoms with Crippen molar-refractivity contribution in [2.24, 2.45) is 0 Å². The highest BCUT2D eigenvalue weighted by Gasteiger charge is 2.03. The average molecular weight is 190 g/mol. The number of fused-ring (bicyclic) bond motifs is 1. The Morgan fingerprint density at radius 1 is 1.15 bits per heavy atom. The van der Waals surface area contributed by atoms with Gasteiger partial charge < -0.3 is 0 Å². The Hall–Kier alpha value is -0.820. The molecule has 0 amide bonds. The van der Waals surface area contributed by atoms with E-state index in [4.69, 9.17) is 0 Å². The maximum absolute atomic E-state index is 2.32. The fourth-order valence-corrected chi connectivity index (χ4v) is 2.73. The van der Waals surface area contributed by atoms with Crippen LogP contribution in [-0.4, -0.2) is 0 Å². The minimum absolute atomic E-state index is 1.14. The number of aryl methyl sites for hydroxylation is 3. The van der Waals surface area contributed by atoms with Crippen LogP contribution in [0.2, 0.25) is 0 Å². The first kappa shape index (κ1) is 8.76. The van der Waals surface area contributed by atoms with E-state index in [9.17, 15) is 0 Å². The molecular formula is C12H14S. The van der Waals surface area contributed by atoms with E-state index in [2.05, 4.69) is 38.3 Å². The van der Waals surface area contributed by atoms with E-state index >= 15 is 0 Å². The monoisotopic (exact) mass is 190 g/mol. The van der Waals surface area contributed by atoms with Crippen LogP contribution < -0.4 is 0 Å². The molecule has 0 aliphatic rings. The molecule has 1 aromatic carbocycles. The predicted molar refractivity (Wildman–Crippen MR) is 60.7 cm³/mol. The summed E-state index contributed by atoms with van der Waals surface area (Å²) in [6.07, 6.45) is 1.14. The molecule has 0 saturated heterocycles. The van der Waals surface area contributed by atoms with E-state index in [1.54, 1.807) is 0 Å². The molecule has 68 valence electrons. The summed E-state index contributed by atoms with van der Waals surface area (Å²) in [5, 5.41) is 3.74. The van der Waals surface area contributed by atoms with Crippen molar-refractivity contribution < 1.29 is 0 Å². The van der Waals surface area contributed by atoms with Crippen molar-refractivity contribution in [1.29, 1.82) is 0 Å². The third-order valence-electron chi connectivity index (χ3n) is 2.65. The molecule has 0 atom stereocenters. The molecule has 0 unspecified atom stereocenters. The van der Waals surface area contributed by atoms with E-state index < -0.39 is 0 Å². The van der Waals surface area contributed by atoms with Crippen LogP contribution in [0.5, 0.6) is 0 Å². The molecule has 0 radical (unpaired) electrons. The molecule has 0 nitrogen and oxygen atoms in total. The molecular weight excluding hydrogens is 176 g/mol. The normalized spacial score (nSPS) is 11.0. The summed E-state index contributed by atoms with van der Waals surface area (Å²) in [6.45, 7) is 6.59. The molecule has 0 fully saturated rings. The summed E-state index contributed by atoms with van der Waals surface area (Å²) < 4.78 is 1.43. The quantitative estimate of drug-likeness (QED) is 0.635. The van der Waals surface area contributed by atoms with Crippen molar-refractivity contribution in [3.8, 4) is 0 Å². The van der Waals surface area contributed by atoms with Gasteiger partial charge in [0, 0.05) is 4.70 Å². The molecule has 0 saturated carbocycles.